The molecule has 0 aliphatic rings. The van der Waals surface area contributed by atoms with Gasteiger partial charge in [-0.05, 0) is 30.7 Å². The van der Waals surface area contributed by atoms with Crippen LogP contribution in [0.4, 0.5) is 11.4 Å². The first kappa shape index (κ1) is 10.4. The Morgan fingerprint density at radius 2 is 1.69 bits per heavy atom. The average Bonchev–Trinajstić information content (AvgIpc) is 2.24. The average molecular weight is 214 g/mol. The third-order valence-corrected chi connectivity index (χ3v) is 2.57. The summed E-state index contributed by atoms with van der Waals surface area (Å²) in [5, 5.41) is 9.99. The summed E-state index contributed by atoms with van der Waals surface area (Å²) in [6, 6.07) is 10.9. The Kier molecular flexibility index (Phi) is 2.44. The summed E-state index contributed by atoms with van der Waals surface area (Å²) in [6.45, 7) is 1.81. The van der Waals surface area contributed by atoms with E-state index in [0.717, 1.165) is 11.1 Å². The smallest absolute Gasteiger partial charge is 0.126 e. The van der Waals surface area contributed by atoms with Crippen LogP contribution >= 0.6 is 0 Å². The molecule has 0 saturated heterocycles. The van der Waals surface area contributed by atoms with E-state index in [4.69, 9.17) is 11.5 Å². The standard InChI is InChI=1S/C13H14N2O/c1-8-6-9(14)7-11(13(8)16)10-4-2-3-5-12(10)15/h2-7,16H,14-15H2,1H3. The topological polar surface area (TPSA) is 72.3 Å². The number of rotatable bonds is 1. The van der Waals surface area contributed by atoms with E-state index in [-0.39, 0.29) is 5.75 Å². The minimum Gasteiger partial charge on any atom is -0.507 e. The van der Waals surface area contributed by atoms with Crippen molar-refractivity contribution in [3.8, 4) is 16.9 Å². The van der Waals surface area contributed by atoms with Gasteiger partial charge in [0.1, 0.15) is 5.75 Å². The van der Waals surface area contributed by atoms with Crippen LogP contribution in [0.5, 0.6) is 5.75 Å². The third kappa shape index (κ3) is 1.67. The van der Waals surface area contributed by atoms with Crippen LogP contribution in [-0.4, -0.2) is 5.11 Å². The number of aryl methyl sites for hydroxylation is 1. The fourth-order valence-electron chi connectivity index (χ4n) is 1.76. The molecule has 2 rings (SSSR count). The van der Waals surface area contributed by atoms with Crippen LogP contribution < -0.4 is 11.5 Å². The van der Waals surface area contributed by atoms with Gasteiger partial charge in [0, 0.05) is 22.5 Å². The van der Waals surface area contributed by atoms with Crippen molar-refractivity contribution in [2.24, 2.45) is 0 Å². The maximum absolute atomic E-state index is 9.99. The summed E-state index contributed by atoms with van der Waals surface area (Å²) in [7, 11) is 0. The second-order valence-electron chi connectivity index (χ2n) is 3.82. The Labute approximate surface area is 94.3 Å². The zero-order valence-corrected chi connectivity index (χ0v) is 9.07. The van der Waals surface area contributed by atoms with Gasteiger partial charge in [-0.3, -0.25) is 0 Å². The first-order chi connectivity index (χ1) is 7.59. The predicted octanol–water partition coefficient (Wildman–Crippen LogP) is 2.53. The maximum Gasteiger partial charge on any atom is 0.126 e. The number of anilines is 2. The number of phenolic OH excluding ortho intramolecular Hbond substituents is 1. The van der Waals surface area contributed by atoms with E-state index in [1.165, 1.54) is 0 Å². The van der Waals surface area contributed by atoms with Crippen molar-refractivity contribution in [2.75, 3.05) is 11.5 Å². The Balaban J connectivity index is 2.69. The van der Waals surface area contributed by atoms with Crippen molar-refractivity contribution >= 4 is 11.4 Å². The highest BCUT2D eigenvalue weighted by Gasteiger charge is 2.10. The Morgan fingerprint density at radius 3 is 2.38 bits per heavy atom. The number of hydrogen-bond donors (Lipinski definition) is 3. The highest BCUT2D eigenvalue weighted by molar-refractivity contribution is 5.83. The lowest BCUT2D eigenvalue weighted by atomic mass is 9.99. The van der Waals surface area contributed by atoms with Gasteiger partial charge in [0.05, 0.1) is 0 Å². The summed E-state index contributed by atoms with van der Waals surface area (Å²) in [5.74, 6) is 0.229. The number of phenols is 1. The van der Waals surface area contributed by atoms with E-state index in [2.05, 4.69) is 0 Å². The normalized spacial score (nSPS) is 10.3. The van der Waals surface area contributed by atoms with Crippen LogP contribution in [0.1, 0.15) is 5.56 Å². The van der Waals surface area contributed by atoms with Crippen LogP contribution in [0.25, 0.3) is 11.1 Å². The van der Waals surface area contributed by atoms with Gasteiger partial charge >= 0.3 is 0 Å². The van der Waals surface area contributed by atoms with Gasteiger partial charge in [-0.1, -0.05) is 18.2 Å². The molecule has 0 bridgehead atoms. The molecule has 0 atom stereocenters. The first-order valence-corrected chi connectivity index (χ1v) is 5.03. The zero-order valence-electron chi connectivity index (χ0n) is 9.07. The summed E-state index contributed by atoms with van der Waals surface area (Å²) in [6.07, 6.45) is 0. The lowest BCUT2D eigenvalue weighted by Gasteiger charge is -2.11. The van der Waals surface area contributed by atoms with Crippen molar-refractivity contribution in [2.45, 2.75) is 6.92 Å². The number of aromatic hydroxyl groups is 1. The molecular weight excluding hydrogens is 200 g/mol. The van der Waals surface area contributed by atoms with Gasteiger partial charge in [-0.2, -0.15) is 0 Å². The molecule has 3 nitrogen and oxygen atoms in total. The molecule has 0 heterocycles. The molecule has 0 spiro atoms. The maximum atomic E-state index is 9.99. The molecule has 3 heteroatoms. The Bertz CT molecular complexity index is 535. The molecular formula is C13H14N2O. The van der Waals surface area contributed by atoms with Crippen molar-refractivity contribution in [3.05, 3.63) is 42.0 Å². The highest BCUT2D eigenvalue weighted by atomic mass is 16.3. The zero-order chi connectivity index (χ0) is 11.7. The lowest BCUT2D eigenvalue weighted by molar-refractivity contribution is 0.473. The Hall–Kier alpha value is -2.16. The van der Waals surface area contributed by atoms with E-state index in [1.807, 2.05) is 25.1 Å². The van der Waals surface area contributed by atoms with Crippen molar-refractivity contribution < 1.29 is 5.11 Å². The van der Waals surface area contributed by atoms with E-state index < -0.39 is 0 Å². The molecule has 0 amide bonds. The van der Waals surface area contributed by atoms with Gasteiger partial charge in [-0.15, -0.1) is 0 Å². The highest BCUT2D eigenvalue weighted by Crippen LogP contribution is 2.36. The van der Waals surface area contributed by atoms with Gasteiger partial charge in [-0.25, -0.2) is 0 Å². The summed E-state index contributed by atoms with van der Waals surface area (Å²) in [4.78, 5) is 0. The number of para-hydroxylation sites is 1. The monoisotopic (exact) mass is 214 g/mol. The molecule has 0 unspecified atom stereocenters. The third-order valence-electron chi connectivity index (χ3n) is 2.57. The van der Waals surface area contributed by atoms with Gasteiger partial charge < -0.3 is 16.6 Å². The second-order valence-corrected chi connectivity index (χ2v) is 3.82. The predicted molar refractivity (Wildman–Crippen MR) is 67.1 cm³/mol. The van der Waals surface area contributed by atoms with Crippen LogP contribution in [0, 0.1) is 6.92 Å². The summed E-state index contributed by atoms with van der Waals surface area (Å²) in [5.41, 5.74) is 15.1. The van der Waals surface area contributed by atoms with E-state index in [1.54, 1.807) is 18.2 Å². The first-order valence-electron chi connectivity index (χ1n) is 5.03. The van der Waals surface area contributed by atoms with E-state index in [0.29, 0.717) is 16.9 Å². The Morgan fingerprint density at radius 1 is 1.00 bits per heavy atom. The largest absolute Gasteiger partial charge is 0.507 e. The number of benzene rings is 2. The number of hydrogen-bond acceptors (Lipinski definition) is 3. The van der Waals surface area contributed by atoms with Crippen molar-refractivity contribution in [3.63, 3.8) is 0 Å². The minimum absolute atomic E-state index is 0.229. The molecule has 0 radical (unpaired) electrons. The number of nitrogens with two attached hydrogens (primary N) is 2. The molecule has 0 aliphatic carbocycles. The fourth-order valence-corrected chi connectivity index (χ4v) is 1.76. The molecule has 0 saturated carbocycles. The van der Waals surface area contributed by atoms with Crippen LogP contribution in [0.3, 0.4) is 0 Å². The lowest BCUT2D eigenvalue weighted by Crippen LogP contribution is -1.93. The van der Waals surface area contributed by atoms with Crippen molar-refractivity contribution in [1.29, 1.82) is 0 Å². The van der Waals surface area contributed by atoms with Gasteiger partial charge in [0.2, 0.25) is 0 Å². The molecule has 0 aromatic heterocycles. The SMILES string of the molecule is Cc1cc(N)cc(-c2ccccc2N)c1O. The van der Waals surface area contributed by atoms with Crippen LogP contribution in [-0.2, 0) is 0 Å². The second kappa shape index (κ2) is 3.77. The van der Waals surface area contributed by atoms with E-state index >= 15 is 0 Å². The quantitative estimate of drug-likeness (QED) is 0.504. The number of nitrogen functional groups attached to an aromatic ring is 2. The minimum atomic E-state index is 0.229. The fraction of sp³-hybridized carbons (Fsp3) is 0.0769. The molecule has 82 valence electrons. The summed E-state index contributed by atoms with van der Waals surface area (Å²) >= 11 is 0. The van der Waals surface area contributed by atoms with Gasteiger partial charge in [0.15, 0.2) is 0 Å². The molecule has 2 aromatic rings. The van der Waals surface area contributed by atoms with E-state index in [9.17, 15) is 5.11 Å². The molecule has 16 heavy (non-hydrogen) atoms. The molecule has 5 N–H and O–H groups in total. The van der Waals surface area contributed by atoms with Gasteiger partial charge in [0.25, 0.3) is 0 Å². The molecule has 0 fully saturated rings. The summed E-state index contributed by atoms with van der Waals surface area (Å²) < 4.78 is 0. The molecule has 0 aliphatic heterocycles. The van der Waals surface area contributed by atoms with Crippen molar-refractivity contribution in [1.82, 2.24) is 0 Å². The van der Waals surface area contributed by atoms with Crippen LogP contribution in [0.2, 0.25) is 0 Å². The van der Waals surface area contributed by atoms with Crippen LogP contribution in [0.15, 0.2) is 36.4 Å². The molecule has 2 aromatic carbocycles.